The number of carbonyl (C=O) groups excluding carboxylic acids is 1. The summed E-state index contributed by atoms with van der Waals surface area (Å²) >= 11 is 3.63. The van der Waals surface area contributed by atoms with Crippen LogP contribution in [0.5, 0.6) is 5.75 Å². The van der Waals surface area contributed by atoms with Gasteiger partial charge >= 0.3 is 6.09 Å². The Morgan fingerprint density at radius 2 is 2.17 bits per heavy atom. The zero-order chi connectivity index (χ0) is 21.3. The maximum Gasteiger partial charge on any atom is 0.410 e. The van der Waals surface area contributed by atoms with Gasteiger partial charge in [0.25, 0.3) is 0 Å². The second-order valence-electron chi connectivity index (χ2n) is 8.33. The van der Waals surface area contributed by atoms with Gasteiger partial charge in [0.05, 0.1) is 23.8 Å². The minimum Gasteiger partial charge on any atom is -0.488 e. The van der Waals surface area contributed by atoms with Gasteiger partial charge in [-0.3, -0.25) is 0 Å². The van der Waals surface area contributed by atoms with E-state index in [2.05, 4.69) is 31.9 Å². The molecule has 1 saturated heterocycles. The van der Waals surface area contributed by atoms with E-state index < -0.39 is 5.60 Å². The number of hydrogen-bond acceptors (Lipinski definition) is 6. The first-order valence-corrected chi connectivity index (χ1v) is 10.2. The third-order valence-electron chi connectivity index (χ3n) is 4.57. The van der Waals surface area contributed by atoms with Crippen LogP contribution >= 0.6 is 15.9 Å². The molecule has 2 aliphatic heterocycles. The van der Waals surface area contributed by atoms with Crippen molar-refractivity contribution in [1.82, 2.24) is 9.80 Å². The molecule has 1 unspecified atom stereocenters. The highest BCUT2D eigenvalue weighted by Gasteiger charge is 2.38. The normalized spacial score (nSPS) is 18.6. The quantitative estimate of drug-likeness (QED) is 0.493. The number of amides is 1. The van der Waals surface area contributed by atoms with Crippen LogP contribution in [0.25, 0.3) is 0 Å². The predicted octanol–water partition coefficient (Wildman–Crippen LogP) is 3.36. The molecule has 2 aliphatic rings. The third kappa shape index (κ3) is 4.58. The molecule has 0 radical (unpaired) electrons. The van der Waals surface area contributed by atoms with E-state index in [0.29, 0.717) is 43.2 Å². The first-order chi connectivity index (χ1) is 13.6. The molecule has 0 spiro atoms. The zero-order valence-corrected chi connectivity index (χ0v) is 19.0. The molecular formula is C20H26BrN5O3. The number of anilines is 1. The highest BCUT2D eigenvalue weighted by atomic mass is 79.9. The lowest BCUT2D eigenvalue weighted by molar-refractivity contribution is 0.0194. The highest BCUT2D eigenvalue weighted by molar-refractivity contribution is 9.10. The molecule has 8 nitrogen and oxygen atoms in total. The van der Waals surface area contributed by atoms with E-state index in [9.17, 15) is 10.1 Å². The topological polar surface area (TPSA) is 81.4 Å². The van der Waals surface area contributed by atoms with Crippen molar-refractivity contribution in [2.45, 2.75) is 32.4 Å². The van der Waals surface area contributed by atoms with Crippen LogP contribution in [0, 0.1) is 11.3 Å². The Bertz CT molecular complexity index is 872. The van der Waals surface area contributed by atoms with Crippen LogP contribution in [0.1, 0.15) is 26.3 Å². The third-order valence-corrected chi connectivity index (χ3v) is 5.17. The molecular weight excluding hydrogens is 438 g/mol. The minimum absolute atomic E-state index is 0.0114. The summed E-state index contributed by atoms with van der Waals surface area (Å²) in [5.74, 6) is 0.537. The average molecular weight is 464 g/mol. The van der Waals surface area contributed by atoms with Gasteiger partial charge in [-0.15, -0.1) is 0 Å². The van der Waals surface area contributed by atoms with Crippen molar-refractivity contribution in [3.05, 3.63) is 16.1 Å². The molecule has 2 heterocycles. The van der Waals surface area contributed by atoms with Crippen molar-refractivity contribution < 1.29 is 14.3 Å². The van der Waals surface area contributed by atoms with Crippen LogP contribution in [0.4, 0.5) is 16.2 Å². The Balaban J connectivity index is 1.87. The summed E-state index contributed by atoms with van der Waals surface area (Å²) in [6.07, 6.45) is 1.34. The van der Waals surface area contributed by atoms with Crippen molar-refractivity contribution in [2.24, 2.45) is 4.99 Å². The maximum absolute atomic E-state index is 12.4. The number of fused-ring (bicyclic) bond motifs is 3. The zero-order valence-electron chi connectivity index (χ0n) is 17.4. The molecule has 3 rings (SSSR count). The number of piperazine rings is 1. The Kier molecular flexibility index (Phi) is 5.94. The van der Waals surface area contributed by atoms with Gasteiger partial charge in [0.2, 0.25) is 0 Å². The molecule has 0 aliphatic carbocycles. The van der Waals surface area contributed by atoms with Crippen molar-refractivity contribution in [2.75, 3.05) is 45.2 Å². The van der Waals surface area contributed by atoms with Gasteiger partial charge in [0, 0.05) is 38.2 Å². The molecule has 29 heavy (non-hydrogen) atoms. The lowest BCUT2D eigenvalue weighted by Gasteiger charge is -2.46. The van der Waals surface area contributed by atoms with Crippen molar-refractivity contribution >= 4 is 39.7 Å². The first-order valence-electron chi connectivity index (χ1n) is 9.45. The molecule has 9 heteroatoms. The van der Waals surface area contributed by atoms with Gasteiger partial charge in [0.1, 0.15) is 23.8 Å². The molecule has 0 bridgehead atoms. The molecule has 1 atom stereocenters. The summed E-state index contributed by atoms with van der Waals surface area (Å²) in [5.41, 5.74) is 1.27. The van der Waals surface area contributed by atoms with Crippen LogP contribution < -0.4 is 9.64 Å². The molecule has 0 N–H and O–H groups in total. The SMILES string of the molecule is CN(C)C=Nc1cc(Br)c2c(c1C#N)OCC1CN(C(=O)OC(C)(C)C)CCN21. The highest BCUT2D eigenvalue weighted by Crippen LogP contribution is 2.47. The van der Waals surface area contributed by atoms with Crippen LogP contribution in [-0.2, 0) is 4.74 Å². The van der Waals surface area contributed by atoms with Gasteiger partial charge in [-0.25, -0.2) is 9.79 Å². The summed E-state index contributed by atoms with van der Waals surface area (Å²) in [6.45, 7) is 7.63. The van der Waals surface area contributed by atoms with Crippen molar-refractivity contribution in [3.63, 3.8) is 0 Å². The summed E-state index contributed by atoms with van der Waals surface area (Å²) < 4.78 is 12.3. The van der Waals surface area contributed by atoms with Crippen LogP contribution in [0.3, 0.4) is 0 Å². The largest absolute Gasteiger partial charge is 0.488 e. The van der Waals surface area contributed by atoms with E-state index in [0.717, 1.165) is 10.2 Å². The monoisotopic (exact) mass is 463 g/mol. The standard InChI is InChI=1S/C20H26BrN5O3/c1-20(2,3)29-19(27)25-6-7-26-13(10-25)11-28-18-14(9-22)16(23-12-24(4)5)8-15(21)17(18)26/h8,12-13H,6-7,10-11H2,1-5H3. The molecule has 156 valence electrons. The number of halogens is 1. The number of nitriles is 1. The Hall–Kier alpha value is -2.47. The van der Waals surface area contributed by atoms with Gasteiger partial charge in [0.15, 0.2) is 5.75 Å². The van der Waals surface area contributed by atoms with Crippen molar-refractivity contribution in [1.29, 1.82) is 5.26 Å². The van der Waals surface area contributed by atoms with Gasteiger partial charge in [-0.1, -0.05) is 0 Å². The number of benzene rings is 1. The van der Waals surface area contributed by atoms with E-state index >= 15 is 0 Å². The fourth-order valence-electron chi connectivity index (χ4n) is 3.36. The summed E-state index contributed by atoms with van der Waals surface area (Å²) in [5, 5.41) is 9.73. The number of carbonyl (C=O) groups is 1. The Morgan fingerprint density at radius 1 is 1.45 bits per heavy atom. The summed E-state index contributed by atoms with van der Waals surface area (Å²) in [6, 6.07) is 4.06. The van der Waals surface area contributed by atoms with Gasteiger partial charge in [-0.2, -0.15) is 5.26 Å². The summed E-state index contributed by atoms with van der Waals surface area (Å²) in [7, 11) is 3.74. The lowest BCUT2D eigenvalue weighted by atomic mass is 10.0. The predicted molar refractivity (Wildman–Crippen MR) is 115 cm³/mol. The molecule has 1 aromatic carbocycles. The molecule has 1 fully saturated rings. The van der Waals surface area contributed by atoms with E-state index in [4.69, 9.17) is 9.47 Å². The van der Waals surface area contributed by atoms with E-state index in [1.807, 2.05) is 40.9 Å². The van der Waals surface area contributed by atoms with Gasteiger partial charge in [-0.05, 0) is 42.8 Å². The van der Waals surface area contributed by atoms with Gasteiger partial charge < -0.3 is 24.2 Å². The number of hydrogen-bond donors (Lipinski definition) is 0. The van der Waals surface area contributed by atoms with E-state index in [1.54, 1.807) is 16.1 Å². The average Bonchev–Trinajstić information content (AvgIpc) is 2.64. The first kappa shape index (κ1) is 21.2. The van der Waals surface area contributed by atoms with Crippen LogP contribution in [-0.4, -0.2) is 74.2 Å². The summed E-state index contributed by atoms with van der Waals surface area (Å²) in [4.78, 5) is 22.6. The number of ether oxygens (including phenoxy) is 2. The number of rotatable bonds is 2. The van der Waals surface area contributed by atoms with E-state index in [-0.39, 0.29) is 12.1 Å². The van der Waals surface area contributed by atoms with Crippen LogP contribution in [0.15, 0.2) is 15.5 Å². The fourth-order valence-corrected chi connectivity index (χ4v) is 3.99. The number of aliphatic imine (C=N–C) groups is 1. The molecule has 1 aromatic rings. The lowest BCUT2D eigenvalue weighted by Crippen LogP contribution is -2.59. The Morgan fingerprint density at radius 3 is 2.79 bits per heavy atom. The Labute approximate surface area is 179 Å². The van der Waals surface area contributed by atoms with E-state index in [1.165, 1.54) is 0 Å². The maximum atomic E-state index is 12.4. The van der Waals surface area contributed by atoms with Crippen molar-refractivity contribution in [3.8, 4) is 11.8 Å². The molecule has 0 saturated carbocycles. The fraction of sp³-hybridized carbons (Fsp3) is 0.550. The van der Waals surface area contributed by atoms with Crippen LogP contribution in [0.2, 0.25) is 0 Å². The second-order valence-corrected chi connectivity index (χ2v) is 9.19. The molecule has 0 aromatic heterocycles. The number of nitrogens with zero attached hydrogens (tertiary/aromatic N) is 5. The minimum atomic E-state index is -0.530. The molecule has 1 amide bonds. The smallest absolute Gasteiger partial charge is 0.410 e. The second kappa shape index (κ2) is 8.11.